The summed E-state index contributed by atoms with van der Waals surface area (Å²) in [6, 6.07) is 6.63. The first-order chi connectivity index (χ1) is 14.3. The van der Waals surface area contributed by atoms with Crippen molar-refractivity contribution in [2.75, 3.05) is 6.61 Å². The summed E-state index contributed by atoms with van der Waals surface area (Å²) in [5.74, 6) is -0.332. The molecule has 0 aliphatic heterocycles. The van der Waals surface area contributed by atoms with Crippen molar-refractivity contribution in [2.24, 2.45) is 0 Å². The number of ether oxygens (including phenoxy) is 1. The molecule has 0 saturated carbocycles. The lowest BCUT2D eigenvalue weighted by atomic mass is 10.0. The Morgan fingerprint density at radius 2 is 1.67 bits per heavy atom. The summed E-state index contributed by atoms with van der Waals surface area (Å²) in [7, 11) is -3.73. The third-order valence-electron chi connectivity index (χ3n) is 4.73. The molecule has 0 saturated heterocycles. The molecule has 1 aromatic carbocycles. The third kappa shape index (κ3) is 12.1. The molecule has 1 unspecified atom stereocenters. The molecule has 1 aromatic rings. The molecule has 170 valence electrons. The third-order valence-corrected chi connectivity index (χ3v) is 5.94. The topological polar surface area (TPSA) is 81.7 Å². The predicted octanol–water partition coefficient (Wildman–Crippen LogP) is 5.22. The van der Waals surface area contributed by atoms with Gasteiger partial charge in [0.1, 0.15) is 6.61 Å². The van der Waals surface area contributed by atoms with Gasteiger partial charge in [-0.15, -0.1) is 0 Å². The van der Waals surface area contributed by atoms with E-state index in [1.165, 1.54) is 39.0 Å². The van der Waals surface area contributed by atoms with Gasteiger partial charge in [0.05, 0.1) is 11.0 Å². The zero-order valence-electron chi connectivity index (χ0n) is 18.6. The van der Waals surface area contributed by atoms with Crippen LogP contribution in [0.15, 0.2) is 41.3 Å². The lowest BCUT2D eigenvalue weighted by molar-refractivity contribution is -0.139. The van der Waals surface area contributed by atoms with Crippen molar-refractivity contribution in [3.05, 3.63) is 42.0 Å². The molecular weight excluding hydrogens is 402 g/mol. The number of esters is 1. The molecule has 0 heterocycles. The fourth-order valence-electron chi connectivity index (χ4n) is 2.93. The molecule has 30 heavy (non-hydrogen) atoms. The summed E-state index contributed by atoms with van der Waals surface area (Å²) >= 11 is 0. The van der Waals surface area contributed by atoms with Gasteiger partial charge >= 0.3 is 5.97 Å². The fourth-order valence-corrected chi connectivity index (χ4v) is 3.79. The summed E-state index contributed by atoms with van der Waals surface area (Å²) in [6.45, 7) is 5.67. The number of carbonyl (C=O) groups is 1. The molecule has 6 nitrogen and oxygen atoms in total. The lowest BCUT2D eigenvalue weighted by Crippen LogP contribution is -2.29. The van der Waals surface area contributed by atoms with E-state index in [1.807, 2.05) is 13.0 Å². The number of nitrogens with one attached hydrogen (secondary N) is 1. The largest absolute Gasteiger partial charge is 0.462 e. The van der Waals surface area contributed by atoms with E-state index < -0.39 is 10.0 Å². The van der Waals surface area contributed by atoms with Gasteiger partial charge in [0.2, 0.25) is 0 Å². The maximum Gasteiger partial charge on any atom is 0.302 e. The van der Waals surface area contributed by atoms with Crippen LogP contribution in [0, 0.1) is 6.92 Å². The molecule has 1 atom stereocenters. The molecule has 1 rings (SSSR count). The molecule has 0 radical (unpaired) electrons. The Morgan fingerprint density at radius 3 is 2.30 bits per heavy atom. The Hall–Kier alpha value is -1.70. The molecule has 0 aliphatic carbocycles. The van der Waals surface area contributed by atoms with Crippen LogP contribution in [0.3, 0.4) is 0 Å². The van der Waals surface area contributed by atoms with Crippen molar-refractivity contribution < 1.29 is 22.8 Å². The number of hydrogen-bond acceptors (Lipinski definition) is 5. The van der Waals surface area contributed by atoms with E-state index in [0.717, 1.165) is 24.8 Å². The van der Waals surface area contributed by atoms with Crippen LogP contribution in [0.1, 0.15) is 77.2 Å². The SMILES string of the molecule is CCCCCCCCCC(C/C=C/COC(C)=O)ONS(=O)(=O)c1ccc(C)cc1. The summed E-state index contributed by atoms with van der Waals surface area (Å²) in [5, 5.41) is 0. The Kier molecular flexibility index (Phi) is 13.3. The van der Waals surface area contributed by atoms with Gasteiger partial charge in [-0.2, -0.15) is 0 Å². The Labute approximate surface area is 182 Å². The molecule has 0 spiro atoms. The predicted molar refractivity (Wildman–Crippen MR) is 119 cm³/mol. The molecule has 7 heteroatoms. The van der Waals surface area contributed by atoms with Gasteiger partial charge in [-0.3, -0.25) is 9.63 Å². The highest BCUT2D eigenvalue weighted by atomic mass is 32.2. The smallest absolute Gasteiger partial charge is 0.302 e. The highest BCUT2D eigenvalue weighted by Gasteiger charge is 2.17. The summed E-state index contributed by atoms with van der Waals surface area (Å²) < 4.78 is 29.8. The van der Waals surface area contributed by atoms with Crippen LogP contribution in [0.4, 0.5) is 0 Å². The fraction of sp³-hybridized carbons (Fsp3) is 0.609. The van der Waals surface area contributed by atoms with Crippen LogP contribution < -0.4 is 4.89 Å². The number of rotatable bonds is 16. The van der Waals surface area contributed by atoms with Crippen molar-refractivity contribution in [2.45, 2.75) is 89.6 Å². The summed E-state index contributed by atoms with van der Waals surface area (Å²) in [4.78, 5) is 18.8. The van der Waals surface area contributed by atoms with Gasteiger partial charge < -0.3 is 4.74 Å². The summed E-state index contributed by atoms with van der Waals surface area (Å²) in [6.07, 6.45) is 12.9. The number of carbonyl (C=O) groups excluding carboxylic acids is 1. The molecule has 0 bridgehead atoms. The van der Waals surface area contributed by atoms with Crippen LogP contribution >= 0.6 is 0 Å². The zero-order valence-corrected chi connectivity index (χ0v) is 19.4. The second kappa shape index (κ2) is 15.2. The number of unbranched alkanes of at least 4 members (excludes halogenated alkanes) is 6. The van der Waals surface area contributed by atoms with Gasteiger partial charge in [-0.25, -0.2) is 8.42 Å². The van der Waals surface area contributed by atoms with Gasteiger partial charge in [0.25, 0.3) is 10.0 Å². The van der Waals surface area contributed by atoms with Crippen LogP contribution in [-0.2, 0) is 24.4 Å². The highest BCUT2D eigenvalue weighted by Crippen LogP contribution is 2.15. The van der Waals surface area contributed by atoms with E-state index in [-0.39, 0.29) is 23.6 Å². The zero-order chi connectivity index (χ0) is 22.2. The van der Waals surface area contributed by atoms with Crippen molar-refractivity contribution in [1.29, 1.82) is 0 Å². The van der Waals surface area contributed by atoms with E-state index in [1.54, 1.807) is 30.3 Å². The lowest BCUT2D eigenvalue weighted by Gasteiger charge is -2.17. The van der Waals surface area contributed by atoms with Crippen molar-refractivity contribution >= 4 is 16.0 Å². The van der Waals surface area contributed by atoms with Crippen molar-refractivity contribution in [1.82, 2.24) is 4.89 Å². The normalized spacial score (nSPS) is 12.9. The first kappa shape index (κ1) is 26.3. The molecule has 0 aliphatic rings. The molecular formula is C23H37NO5S. The van der Waals surface area contributed by atoms with Gasteiger partial charge in [-0.05, 0) is 31.9 Å². The quantitative estimate of drug-likeness (QED) is 0.165. The second-order valence-corrected chi connectivity index (χ2v) is 9.20. The molecule has 0 aromatic heterocycles. The average Bonchev–Trinajstić information content (AvgIpc) is 2.70. The van der Waals surface area contributed by atoms with Crippen LogP contribution in [0.2, 0.25) is 0 Å². The first-order valence-corrected chi connectivity index (χ1v) is 12.4. The number of benzene rings is 1. The van der Waals surface area contributed by atoms with E-state index in [9.17, 15) is 13.2 Å². The van der Waals surface area contributed by atoms with Crippen molar-refractivity contribution in [3.8, 4) is 0 Å². The Bertz CT molecular complexity index is 728. The van der Waals surface area contributed by atoms with E-state index in [0.29, 0.717) is 6.42 Å². The minimum Gasteiger partial charge on any atom is -0.462 e. The standard InChI is InChI=1S/C23H37NO5S/c1-4-5-6-7-8-9-10-13-22(14-11-12-19-28-21(3)25)29-24-30(26,27)23-17-15-20(2)16-18-23/h11-12,15-18,22,24H,4-10,13-14,19H2,1-3H3/b12-11+. The Morgan fingerprint density at radius 1 is 1.03 bits per heavy atom. The number of aryl methyl sites for hydroxylation is 1. The first-order valence-electron chi connectivity index (χ1n) is 10.9. The van der Waals surface area contributed by atoms with E-state index in [4.69, 9.17) is 9.57 Å². The summed E-state index contributed by atoms with van der Waals surface area (Å²) in [5.41, 5.74) is 0.990. The van der Waals surface area contributed by atoms with Gasteiger partial charge in [0.15, 0.2) is 0 Å². The maximum absolute atomic E-state index is 12.5. The minimum absolute atomic E-state index is 0.174. The second-order valence-electron chi connectivity index (χ2n) is 7.56. The number of hydrogen-bond donors (Lipinski definition) is 1. The monoisotopic (exact) mass is 439 g/mol. The number of sulfonamides is 1. The van der Waals surface area contributed by atoms with Crippen LogP contribution in [-0.4, -0.2) is 27.1 Å². The average molecular weight is 440 g/mol. The van der Waals surface area contributed by atoms with E-state index >= 15 is 0 Å². The molecule has 1 N–H and O–H groups in total. The van der Waals surface area contributed by atoms with Gasteiger partial charge in [-0.1, -0.05) is 86.6 Å². The van der Waals surface area contributed by atoms with Crippen LogP contribution in [0.25, 0.3) is 0 Å². The van der Waals surface area contributed by atoms with Crippen molar-refractivity contribution in [3.63, 3.8) is 0 Å². The minimum atomic E-state index is -3.73. The molecule has 0 fully saturated rings. The Balaban J connectivity index is 2.53. The van der Waals surface area contributed by atoms with Gasteiger partial charge in [0, 0.05) is 6.92 Å². The maximum atomic E-state index is 12.5. The highest BCUT2D eigenvalue weighted by molar-refractivity contribution is 7.89. The van der Waals surface area contributed by atoms with Crippen LogP contribution in [0.5, 0.6) is 0 Å². The molecule has 0 amide bonds. The van der Waals surface area contributed by atoms with E-state index in [2.05, 4.69) is 11.8 Å².